The van der Waals surface area contributed by atoms with Crippen LogP contribution >= 0.6 is 7.82 Å². The van der Waals surface area contributed by atoms with E-state index in [2.05, 4.69) is 86.8 Å². The molecule has 1 amide bonds. The number of allylic oxidation sites excluding steroid dienone is 11. The van der Waals surface area contributed by atoms with Gasteiger partial charge in [0.2, 0.25) is 5.91 Å². The molecule has 1 N–H and O–H groups in total. The molecule has 0 saturated heterocycles. The molecule has 74 heavy (non-hydrogen) atoms. The lowest BCUT2D eigenvalue weighted by molar-refractivity contribution is -0.870. The van der Waals surface area contributed by atoms with Crippen molar-refractivity contribution in [1.82, 2.24) is 5.32 Å². The zero-order valence-electron chi connectivity index (χ0n) is 49.0. The maximum atomic E-state index is 13.5. The van der Waals surface area contributed by atoms with Crippen LogP contribution in [-0.2, 0) is 27.9 Å². The number of nitrogens with zero attached hydrogens (tertiary/aromatic N) is 1. The van der Waals surface area contributed by atoms with Gasteiger partial charge in [-0.3, -0.25) is 14.2 Å². The Kier molecular flexibility index (Phi) is 52.0. The van der Waals surface area contributed by atoms with Crippen molar-refractivity contribution >= 4 is 19.7 Å². The Labute approximate surface area is 457 Å². The molecule has 0 aliphatic heterocycles. The maximum absolute atomic E-state index is 13.5. The molecule has 0 saturated carbocycles. The second-order valence-corrected chi connectivity index (χ2v) is 23.3. The van der Waals surface area contributed by atoms with Gasteiger partial charge in [-0.05, 0) is 102 Å². The van der Waals surface area contributed by atoms with Gasteiger partial charge in [-0.15, -0.1) is 0 Å². The standard InChI is InChI=1S/C64H117N2O7P/c1-7-10-13-16-19-22-25-28-30-32-33-35-36-38-41-44-47-50-53-56-63(67)65-61(60-72-74(69,70)71-59-58-66(4,5)6)62(55-52-49-46-43-40-27-24-21-18-15-12-9-3)73-64(68)57-54-51-48-45-42-39-37-34-31-29-26-23-20-17-14-11-8-2/h19-20,22-23,28-31,33,35,52,55,61-62H,7-18,21,24-27,32,34,36-51,53-54,56-60H2,1-6H3,(H-,65,67,69,70)/b22-19-,23-20-,30-28-,31-29-,35-33-,55-52+. The van der Waals surface area contributed by atoms with E-state index in [0.29, 0.717) is 17.4 Å². The monoisotopic (exact) mass is 1060 g/mol. The average Bonchev–Trinajstić information content (AvgIpc) is 3.36. The lowest BCUT2D eigenvalue weighted by Gasteiger charge is -2.30. The largest absolute Gasteiger partial charge is 0.756 e. The van der Waals surface area contributed by atoms with Crippen molar-refractivity contribution < 1.29 is 37.3 Å². The van der Waals surface area contributed by atoms with E-state index in [1.54, 1.807) is 0 Å². The van der Waals surface area contributed by atoms with Crippen LogP contribution < -0.4 is 10.2 Å². The number of carbonyl (C=O) groups is 2. The van der Waals surface area contributed by atoms with Gasteiger partial charge in [0.25, 0.3) is 7.82 Å². The van der Waals surface area contributed by atoms with E-state index in [1.807, 2.05) is 33.3 Å². The van der Waals surface area contributed by atoms with Crippen LogP contribution in [0.3, 0.4) is 0 Å². The van der Waals surface area contributed by atoms with Crippen LogP contribution in [0.25, 0.3) is 0 Å². The molecule has 3 atom stereocenters. The van der Waals surface area contributed by atoms with Gasteiger partial charge >= 0.3 is 5.97 Å². The minimum Gasteiger partial charge on any atom is -0.756 e. The number of phosphoric acid groups is 1. The summed E-state index contributed by atoms with van der Waals surface area (Å²) in [4.78, 5) is 40.0. The van der Waals surface area contributed by atoms with Gasteiger partial charge in [-0.25, -0.2) is 0 Å². The number of quaternary nitrogens is 1. The first-order valence-electron chi connectivity index (χ1n) is 30.7. The fourth-order valence-corrected chi connectivity index (χ4v) is 9.28. The molecule has 430 valence electrons. The molecular weight excluding hydrogens is 940 g/mol. The van der Waals surface area contributed by atoms with Gasteiger partial charge in [-0.1, -0.05) is 229 Å². The number of esters is 1. The molecule has 9 nitrogen and oxygen atoms in total. The molecule has 0 spiro atoms. The number of carbonyl (C=O) groups excluding carboxylic acids is 2. The van der Waals surface area contributed by atoms with Crippen LogP contribution in [0.15, 0.2) is 72.9 Å². The van der Waals surface area contributed by atoms with Crippen LogP contribution in [0.5, 0.6) is 0 Å². The van der Waals surface area contributed by atoms with E-state index in [9.17, 15) is 19.0 Å². The third-order valence-corrected chi connectivity index (χ3v) is 14.3. The van der Waals surface area contributed by atoms with Gasteiger partial charge in [0.1, 0.15) is 19.3 Å². The van der Waals surface area contributed by atoms with Crippen LogP contribution in [0.1, 0.15) is 271 Å². The van der Waals surface area contributed by atoms with Gasteiger partial charge in [0.05, 0.1) is 33.8 Å². The predicted molar refractivity (Wildman–Crippen MR) is 316 cm³/mol. The normalized spacial score (nSPS) is 14.2. The van der Waals surface area contributed by atoms with Crippen LogP contribution in [-0.4, -0.2) is 69.4 Å². The fraction of sp³-hybridized carbons (Fsp3) is 0.781. The summed E-state index contributed by atoms with van der Waals surface area (Å²) in [6.45, 7) is 6.78. The highest BCUT2D eigenvalue weighted by molar-refractivity contribution is 7.45. The highest BCUT2D eigenvalue weighted by Gasteiger charge is 2.27. The third-order valence-electron chi connectivity index (χ3n) is 13.4. The van der Waals surface area contributed by atoms with Crippen LogP contribution in [0, 0.1) is 0 Å². The summed E-state index contributed by atoms with van der Waals surface area (Å²) >= 11 is 0. The van der Waals surface area contributed by atoms with Gasteiger partial charge < -0.3 is 28.5 Å². The highest BCUT2D eigenvalue weighted by atomic mass is 31.2. The number of amides is 1. The first kappa shape index (κ1) is 71.5. The van der Waals surface area contributed by atoms with Crippen molar-refractivity contribution in [2.75, 3.05) is 40.9 Å². The van der Waals surface area contributed by atoms with Gasteiger partial charge in [0.15, 0.2) is 0 Å². The Hall–Kier alpha value is -2.55. The Morgan fingerprint density at radius 1 is 0.473 bits per heavy atom. The van der Waals surface area contributed by atoms with E-state index in [1.165, 1.54) is 122 Å². The number of rotatable bonds is 55. The van der Waals surface area contributed by atoms with E-state index in [4.69, 9.17) is 13.8 Å². The summed E-state index contributed by atoms with van der Waals surface area (Å²) in [5.74, 6) is -0.563. The lowest BCUT2D eigenvalue weighted by atomic mass is 10.0. The number of unbranched alkanes of at least 4 members (excludes halogenated alkanes) is 29. The smallest absolute Gasteiger partial charge is 0.306 e. The molecule has 0 aliphatic rings. The number of likely N-dealkylation sites (N-methyl/N-ethyl adjacent to an activating group) is 1. The average molecular weight is 1060 g/mol. The predicted octanol–water partition coefficient (Wildman–Crippen LogP) is 18.2. The van der Waals surface area contributed by atoms with E-state index < -0.39 is 26.6 Å². The molecule has 0 aromatic rings. The fourth-order valence-electron chi connectivity index (χ4n) is 8.56. The molecule has 0 heterocycles. The molecular formula is C64H117N2O7P. The van der Waals surface area contributed by atoms with E-state index in [-0.39, 0.29) is 24.9 Å². The lowest BCUT2D eigenvalue weighted by Crippen LogP contribution is -2.47. The van der Waals surface area contributed by atoms with E-state index >= 15 is 0 Å². The third kappa shape index (κ3) is 54.2. The van der Waals surface area contributed by atoms with Crippen molar-refractivity contribution in [3.63, 3.8) is 0 Å². The number of ether oxygens (including phenoxy) is 1. The first-order valence-corrected chi connectivity index (χ1v) is 32.2. The Morgan fingerprint density at radius 2 is 0.824 bits per heavy atom. The number of hydrogen-bond acceptors (Lipinski definition) is 7. The molecule has 0 rings (SSSR count). The van der Waals surface area contributed by atoms with E-state index in [0.717, 1.165) is 116 Å². The second kappa shape index (κ2) is 53.8. The minimum absolute atomic E-state index is 0.0287. The summed E-state index contributed by atoms with van der Waals surface area (Å²) < 4.78 is 30.3. The Balaban J connectivity index is 5.31. The summed E-state index contributed by atoms with van der Waals surface area (Å²) in [6.07, 6.45) is 68.6. The maximum Gasteiger partial charge on any atom is 0.306 e. The van der Waals surface area contributed by atoms with Crippen molar-refractivity contribution in [2.24, 2.45) is 0 Å². The summed E-state index contributed by atoms with van der Waals surface area (Å²) in [5, 5.41) is 3.02. The molecule has 0 aromatic carbocycles. The number of phosphoric ester groups is 1. The van der Waals surface area contributed by atoms with Crippen molar-refractivity contribution in [2.45, 2.75) is 283 Å². The highest BCUT2D eigenvalue weighted by Crippen LogP contribution is 2.38. The van der Waals surface area contributed by atoms with Gasteiger partial charge in [0, 0.05) is 12.8 Å². The van der Waals surface area contributed by atoms with Crippen molar-refractivity contribution in [3.8, 4) is 0 Å². The number of nitrogens with one attached hydrogen (secondary N) is 1. The Morgan fingerprint density at radius 3 is 1.26 bits per heavy atom. The zero-order valence-corrected chi connectivity index (χ0v) is 49.9. The van der Waals surface area contributed by atoms with Crippen LogP contribution in [0.4, 0.5) is 0 Å². The molecule has 3 unspecified atom stereocenters. The zero-order chi connectivity index (χ0) is 54.3. The number of hydrogen-bond donors (Lipinski definition) is 1. The SMILES string of the molecule is CCCCC/C=C\C/C=C\C/C=C\CCCCCCCCC(=O)NC(COP(=O)([O-])OCC[N+](C)(C)C)C(/C=C/CCCCCCCCCCCC)OC(=O)CCCCCCCCC/C=C\C/C=C\CCCCC. The topological polar surface area (TPSA) is 114 Å². The first-order chi connectivity index (χ1) is 35.9. The molecule has 0 aliphatic carbocycles. The van der Waals surface area contributed by atoms with Crippen LogP contribution in [0.2, 0.25) is 0 Å². The van der Waals surface area contributed by atoms with Crippen molar-refractivity contribution in [1.29, 1.82) is 0 Å². The minimum atomic E-state index is -4.71. The molecule has 10 heteroatoms. The summed E-state index contributed by atoms with van der Waals surface area (Å²) in [6, 6.07) is -0.901. The quantitative estimate of drug-likeness (QED) is 0.0212. The molecule has 0 fully saturated rings. The second-order valence-electron chi connectivity index (χ2n) is 21.8. The Bertz CT molecular complexity index is 1500. The molecule has 0 bridgehead atoms. The summed E-state index contributed by atoms with van der Waals surface area (Å²) in [5.41, 5.74) is 0. The summed E-state index contributed by atoms with van der Waals surface area (Å²) in [7, 11) is 1.17. The van der Waals surface area contributed by atoms with Crippen molar-refractivity contribution in [3.05, 3.63) is 72.9 Å². The molecule has 0 aromatic heterocycles. The molecule has 0 radical (unpaired) electrons. The van der Waals surface area contributed by atoms with Gasteiger partial charge in [-0.2, -0.15) is 0 Å².